The smallest absolute Gasteiger partial charge is 0.106 e. The quantitative estimate of drug-likeness (QED) is 0.834. The number of rotatable bonds is 6. The van der Waals surface area contributed by atoms with Gasteiger partial charge in [0.1, 0.15) is 5.82 Å². The lowest BCUT2D eigenvalue weighted by atomic mass is 10.1. The summed E-state index contributed by atoms with van der Waals surface area (Å²) < 4.78 is 2.12. The fourth-order valence-electron chi connectivity index (χ4n) is 2.33. The number of benzene rings is 1. The van der Waals surface area contributed by atoms with Gasteiger partial charge in [-0.1, -0.05) is 13.0 Å². The molecule has 0 fully saturated rings. The maximum atomic E-state index is 5.55. The molecule has 0 aliphatic carbocycles. The highest BCUT2D eigenvalue weighted by Crippen LogP contribution is 2.16. The lowest BCUT2D eigenvalue weighted by molar-refractivity contribution is 0.487. The van der Waals surface area contributed by atoms with E-state index in [1.807, 2.05) is 6.92 Å². The number of nitrogens with one attached hydrogen (secondary N) is 1. The summed E-state index contributed by atoms with van der Waals surface area (Å²) in [4.78, 5) is 4.56. The lowest BCUT2D eigenvalue weighted by Crippen LogP contribution is -2.22. The molecule has 2 rings (SSSR count). The Labute approximate surface area is 115 Å². The van der Waals surface area contributed by atoms with Gasteiger partial charge in [0.05, 0.1) is 11.0 Å². The number of hydrogen-bond acceptors (Lipinski definition) is 3. The van der Waals surface area contributed by atoms with Gasteiger partial charge in [0.25, 0.3) is 0 Å². The molecule has 0 radical (unpaired) electrons. The number of aromatic nitrogens is 2. The predicted molar refractivity (Wildman–Crippen MR) is 80.0 cm³/mol. The van der Waals surface area contributed by atoms with Crippen molar-refractivity contribution in [2.75, 3.05) is 13.1 Å². The van der Waals surface area contributed by atoms with Crippen molar-refractivity contribution in [3.05, 3.63) is 29.6 Å². The molecule has 1 aromatic heterocycles. The minimum Gasteiger partial charge on any atom is -0.331 e. The topological polar surface area (TPSA) is 55.9 Å². The van der Waals surface area contributed by atoms with Crippen LogP contribution in [0.5, 0.6) is 0 Å². The molecule has 19 heavy (non-hydrogen) atoms. The summed E-state index contributed by atoms with van der Waals surface area (Å²) in [5, 5.41) is 3.48. The lowest BCUT2D eigenvalue weighted by Gasteiger charge is -2.11. The second-order valence-corrected chi connectivity index (χ2v) is 5.35. The summed E-state index contributed by atoms with van der Waals surface area (Å²) in [5.74, 6) is 1.68. The maximum Gasteiger partial charge on any atom is 0.106 e. The number of hydrogen-bond donors (Lipinski definition) is 2. The number of nitrogens with zero attached hydrogens (tertiary/aromatic N) is 2. The van der Waals surface area contributed by atoms with Gasteiger partial charge in [-0.2, -0.15) is 0 Å². The molecule has 0 bridgehead atoms. The first-order valence-corrected chi connectivity index (χ1v) is 6.94. The van der Waals surface area contributed by atoms with Gasteiger partial charge in [-0.3, -0.25) is 0 Å². The molecule has 4 heteroatoms. The van der Waals surface area contributed by atoms with Crippen LogP contribution in [0.15, 0.2) is 18.2 Å². The van der Waals surface area contributed by atoms with Crippen molar-refractivity contribution in [1.29, 1.82) is 0 Å². The van der Waals surface area contributed by atoms with Crippen LogP contribution in [-0.2, 0) is 13.6 Å². The van der Waals surface area contributed by atoms with Crippen molar-refractivity contribution >= 4 is 11.0 Å². The first kappa shape index (κ1) is 14.0. The number of aryl methyl sites for hydroxylation is 2. The Morgan fingerprint density at radius 2 is 2.21 bits per heavy atom. The zero-order chi connectivity index (χ0) is 13.8. The molecule has 0 saturated carbocycles. The molecule has 1 unspecified atom stereocenters. The Morgan fingerprint density at radius 3 is 2.95 bits per heavy atom. The van der Waals surface area contributed by atoms with Crippen molar-refractivity contribution in [2.45, 2.75) is 26.8 Å². The van der Waals surface area contributed by atoms with E-state index in [0.717, 1.165) is 37.4 Å². The Balaban J connectivity index is 1.98. The summed E-state index contributed by atoms with van der Waals surface area (Å²) in [6, 6.07) is 6.49. The van der Waals surface area contributed by atoms with Gasteiger partial charge < -0.3 is 15.6 Å². The molecular formula is C15H24N4. The average Bonchev–Trinajstić information content (AvgIpc) is 2.65. The van der Waals surface area contributed by atoms with E-state index < -0.39 is 0 Å². The Hall–Kier alpha value is -1.39. The predicted octanol–water partition coefficient (Wildman–Crippen LogP) is 1.96. The largest absolute Gasteiger partial charge is 0.331 e. The van der Waals surface area contributed by atoms with E-state index in [-0.39, 0.29) is 0 Å². The van der Waals surface area contributed by atoms with Crippen LogP contribution in [-0.4, -0.2) is 22.6 Å². The summed E-state index contributed by atoms with van der Waals surface area (Å²) in [6.07, 6.45) is 1.07. The molecule has 0 aliphatic heterocycles. The Morgan fingerprint density at radius 1 is 1.42 bits per heavy atom. The van der Waals surface area contributed by atoms with Crippen LogP contribution in [0.1, 0.15) is 24.7 Å². The third kappa shape index (κ3) is 3.33. The second-order valence-electron chi connectivity index (χ2n) is 5.35. The molecule has 1 heterocycles. The average molecular weight is 260 g/mol. The van der Waals surface area contributed by atoms with E-state index in [9.17, 15) is 0 Å². The van der Waals surface area contributed by atoms with Crippen LogP contribution < -0.4 is 11.1 Å². The van der Waals surface area contributed by atoms with Crippen molar-refractivity contribution in [1.82, 2.24) is 14.9 Å². The maximum absolute atomic E-state index is 5.55. The van der Waals surface area contributed by atoms with Gasteiger partial charge in [-0.25, -0.2) is 4.98 Å². The summed E-state index contributed by atoms with van der Waals surface area (Å²) >= 11 is 0. The summed E-state index contributed by atoms with van der Waals surface area (Å²) in [7, 11) is 2.05. The van der Waals surface area contributed by atoms with Crippen LogP contribution in [0, 0.1) is 12.8 Å². The van der Waals surface area contributed by atoms with E-state index in [0.29, 0.717) is 5.92 Å². The minimum absolute atomic E-state index is 0.630. The first-order chi connectivity index (χ1) is 9.11. The molecule has 1 aromatic carbocycles. The summed E-state index contributed by atoms with van der Waals surface area (Å²) in [5.41, 5.74) is 9.11. The van der Waals surface area contributed by atoms with E-state index in [1.54, 1.807) is 0 Å². The van der Waals surface area contributed by atoms with E-state index in [4.69, 9.17) is 5.73 Å². The van der Waals surface area contributed by atoms with Crippen molar-refractivity contribution in [2.24, 2.45) is 18.7 Å². The molecule has 0 spiro atoms. The number of nitrogens with two attached hydrogens (primary N) is 1. The van der Waals surface area contributed by atoms with Crippen molar-refractivity contribution in [3.8, 4) is 0 Å². The second kappa shape index (κ2) is 6.17. The van der Waals surface area contributed by atoms with Crippen LogP contribution in [0.3, 0.4) is 0 Å². The molecule has 0 aliphatic rings. The Bertz CT molecular complexity index is 544. The van der Waals surface area contributed by atoms with E-state index in [1.165, 1.54) is 11.1 Å². The molecule has 4 nitrogen and oxygen atoms in total. The molecule has 0 saturated heterocycles. The van der Waals surface area contributed by atoms with Gasteiger partial charge >= 0.3 is 0 Å². The van der Waals surface area contributed by atoms with Crippen LogP contribution in [0.2, 0.25) is 0 Å². The van der Waals surface area contributed by atoms with Gasteiger partial charge in [-0.15, -0.1) is 0 Å². The molecule has 1 atom stereocenters. The van der Waals surface area contributed by atoms with Gasteiger partial charge in [0.2, 0.25) is 0 Å². The first-order valence-electron chi connectivity index (χ1n) is 6.94. The third-order valence-electron chi connectivity index (χ3n) is 3.65. The van der Waals surface area contributed by atoms with Crippen molar-refractivity contribution < 1.29 is 0 Å². The summed E-state index contributed by atoms with van der Waals surface area (Å²) in [6.45, 7) is 6.93. The van der Waals surface area contributed by atoms with Gasteiger partial charge in [-0.05, 0) is 50.0 Å². The zero-order valence-corrected chi connectivity index (χ0v) is 12.1. The number of imidazole rings is 1. The zero-order valence-electron chi connectivity index (χ0n) is 12.1. The van der Waals surface area contributed by atoms with Crippen LogP contribution in [0.25, 0.3) is 11.0 Å². The Kier molecular flexibility index (Phi) is 4.56. The van der Waals surface area contributed by atoms with Gasteiger partial charge in [0.15, 0.2) is 0 Å². The van der Waals surface area contributed by atoms with Crippen LogP contribution in [0.4, 0.5) is 0 Å². The standard InChI is InChI=1S/C15H24N4/c1-11(6-7-16)9-17-10-13-4-5-15-14(8-13)18-12(2)19(15)3/h4-5,8,11,17H,6-7,9-10,16H2,1-3H3. The van der Waals surface area contributed by atoms with Crippen molar-refractivity contribution in [3.63, 3.8) is 0 Å². The fourth-order valence-corrected chi connectivity index (χ4v) is 2.33. The fraction of sp³-hybridized carbons (Fsp3) is 0.533. The molecule has 0 amide bonds. The molecule has 2 aromatic rings. The molecular weight excluding hydrogens is 236 g/mol. The molecule has 3 N–H and O–H groups in total. The van der Waals surface area contributed by atoms with Gasteiger partial charge in [0, 0.05) is 13.6 Å². The van der Waals surface area contributed by atoms with Crippen LogP contribution >= 0.6 is 0 Å². The third-order valence-corrected chi connectivity index (χ3v) is 3.65. The minimum atomic E-state index is 0.630. The SMILES string of the molecule is Cc1nc2cc(CNCC(C)CCN)ccc2n1C. The highest BCUT2D eigenvalue weighted by molar-refractivity contribution is 5.76. The highest BCUT2D eigenvalue weighted by atomic mass is 15.0. The highest BCUT2D eigenvalue weighted by Gasteiger charge is 2.05. The normalized spacial score (nSPS) is 13.1. The molecule has 104 valence electrons. The van der Waals surface area contributed by atoms with E-state index >= 15 is 0 Å². The van der Waals surface area contributed by atoms with E-state index in [2.05, 4.69) is 47.0 Å². The number of fused-ring (bicyclic) bond motifs is 1. The monoisotopic (exact) mass is 260 g/mol.